The van der Waals surface area contributed by atoms with E-state index in [4.69, 9.17) is 5.26 Å². The molecule has 0 unspecified atom stereocenters. The standard InChI is InChI=1S/C19H18F2N2O/c1-12-7-18(5-4-15(12)11-22)23(3)19(24)13(2)6-14-8-16(20)10-17(21)9-14/h4-5,7-10,13H,6H2,1-3H3/t13-/m0/s1. The van der Waals surface area contributed by atoms with Crippen molar-refractivity contribution >= 4 is 11.6 Å². The van der Waals surface area contributed by atoms with Crippen molar-refractivity contribution in [2.24, 2.45) is 5.92 Å². The summed E-state index contributed by atoms with van der Waals surface area (Å²) in [6.07, 6.45) is 0.243. The minimum atomic E-state index is -0.652. The van der Waals surface area contributed by atoms with Crippen LogP contribution >= 0.6 is 0 Å². The first-order chi connectivity index (χ1) is 11.3. The molecule has 0 bridgehead atoms. The molecule has 0 N–H and O–H groups in total. The molecule has 0 aliphatic rings. The number of nitriles is 1. The molecule has 0 heterocycles. The average Bonchev–Trinajstić information content (AvgIpc) is 2.52. The quantitative estimate of drug-likeness (QED) is 0.852. The van der Waals surface area contributed by atoms with Gasteiger partial charge in [-0.25, -0.2) is 8.78 Å². The van der Waals surface area contributed by atoms with Crippen LogP contribution in [-0.4, -0.2) is 13.0 Å². The normalized spacial score (nSPS) is 11.7. The van der Waals surface area contributed by atoms with Crippen molar-refractivity contribution in [3.8, 4) is 6.07 Å². The van der Waals surface area contributed by atoms with Crippen LogP contribution in [0.4, 0.5) is 14.5 Å². The summed E-state index contributed by atoms with van der Waals surface area (Å²) in [5.41, 5.74) is 2.46. The van der Waals surface area contributed by atoms with Crippen LogP contribution in [0.1, 0.15) is 23.6 Å². The van der Waals surface area contributed by atoms with E-state index >= 15 is 0 Å². The van der Waals surface area contributed by atoms with E-state index in [-0.39, 0.29) is 12.3 Å². The number of benzene rings is 2. The Morgan fingerprint density at radius 3 is 2.38 bits per heavy atom. The molecule has 0 saturated carbocycles. The van der Waals surface area contributed by atoms with E-state index in [0.717, 1.165) is 11.6 Å². The molecule has 0 saturated heterocycles. The number of nitrogens with zero attached hydrogens (tertiary/aromatic N) is 2. The Balaban J connectivity index is 2.15. The van der Waals surface area contributed by atoms with Crippen molar-refractivity contribution in [3.05, 3.63) is 64.7 Å². The summed E-state index contributed by atoms with van der Waals surface area (Å²) in [4.78, 5) is 14.1. The van der Waals surface area contributed by atoms with Crippen molar-refractivity contribution in [3.63, 3.8) is 0 Å². The third-order valence-electron chi connectivity index (χ3n) is 3.93. The molecule has 24 heavy (non-hydrogen) atoms. The summed E-state index contributed by atoms with van der Waals surface area (Å²) in [5.74, 6) is -1.91. The topological polar surface area (TPSA) is 44.1 Å². The molecule has 0 spiro atoms. The number of amides is 1. The predicted octanol–water partition coefficient (Wildman–Crippen LogP) is 3.99. The van der Waals surface area contributed by atoms with Crippen LogP contribution in [-0.2, 0) is 11.2 Å². The first-order valence-electron chi connectivity index (χ1n) is 7.55. The lowest BCUT2D eigenvalue weighted by Gasteiger charge is -2.22. The Labute approximate surface area is 140 Å². The second-order valence-electron chi connectivity index (χ2n) is 5.89. The Morgan fingerprint density at radius 2 is 1.83 bits per heavy atom. The molecule has 0 aliphatic carbocycles. The van der Waals surface area contributed by atoms with Crippen molar-refractivity contribution in [2.45, 2.75) is 20.3 Å². The number of hydrogen-bond acceptors (Lipinski definition) is 2. The molecule has 0 radical (unpaired) electrons. The van der Waals surface area contributed by atoms with E-state index in [0.29, 0.717) is 16.8 Å². The summed E-state index contributed by atoms with van der Waals surface area (Å²) in [7, 11) is 1.64. The number of carbonyl (C=O) groups is 1. The number of halogens is 2. The fraction of sp³-hybridized carbons (Fsp3) is 0.263. The lowest BCUT2D eigenvalue weighted by Crippen LogP contribution is -2.32. The van der Waals surface area contributed by atoms with Crippen molar-refractivity contribution in [1.82, 2.24) is 0 Å². The smallest absolute Gasteiger partial charge is 0.229 e. The third-order valence-corrected chi connectivity index (χ3v) is 3.93. The zero-order valence-electron chi connectivity index (χ0n) is 13.8. The van der Waals surface area contributed by atoms with Crippen LogP contribution in [0, 0.1) is 35.8 Å². The maximum Gasteiger partial charge on any atom is 0.229 e. The zero-order valence-corrected chi connectivity index (χ0v) is 13.8. The molecule has 5 heteroatoms. The summed E-state index contributed by atoms with van der Waals surface area (Å²) < 4.78 is 26.5. The third kappa shape index (κ3) is 3.96. The molecular weight excluding hydrogens is 310 g/mol. The predicted molar refractivity (Wildman–Crippen MR) is 88.5 cm³/mol. The summed E-state index contributed by atoms with van der Waals surface area (Å²) in [6, 6.07) is 10.5. The average molecular weight is 328 g/mol. The minimum absolute atomic E-state index is 0.163. The van der Waals surface area contributed by atoms with E-state index in [2.05, 4.69) is 6.07 Å². The van der Waals surface area contributed by atoms with E-state index < -0.39 is 17.6 Å². The highest BCUT2D eigenvalue weighted by Crippen LogP contribution is 2.21. The van der Waals surface area contributed by atoms with Gasteiger partial charge in [-0.1, -0.05) is 6.92 Å². The van der Waals surface area contributed by atoms with Gasteiger partial charge in [0.1, 0.15) is 11.6 Å². The molecule has 3 nitrogen and oxygen atoms in total. The molecule has 2 aromatic carbocycles. The van der Waals surface area contributed by atoms with Gasteiger partial charge in [0.05, 0.1) is 11.6 Å². The van der Waals surface area contributed by atoms with Crippen molar-refractivity contribution < 1.29 is 13.6 Å². The first-order valence-corrected chi connectivity index (χ1v) is 7.55. The molecule has 1 atom stereocenters. The van der Waals surface area contributed by atoms with Gasteiger partial charge in [0, 0.05) is 24.7 Å². The number of anilines is 1. The Kier molecular flexibility index (Phi) is 5.30. The molecule has 0 fully saturated rings. The van der Waals surface area contributed by atoms with Gasteiger partial charge >= 0.3 is 0 Å². The maximum atomic E-state index is 13.3. The maximum absolute atomic E-state index is 13.3. The molecule has 0 aromatic heterocycles. The Bertz CT molecular complexity index is 791. The molecular formula is C19H18F2N2O. The van der Waals surface area contributed by atoms with Gasteiger partial charge in [-0.15, -0.1) is 0 Å². The Morgan fingerprint density at radius 1 is 1.21 bits per heavy atom. The van der Waals surface area contributed by atoms with Gasteiger partial charge in [0.2, 0.25) is 5.91 Å². The van der Waals surface area contributed by atoms with Gasteiger partial charge in [-0.3, -0.25) is 4.79 Å². The number of aryl methyl sites for hydroxylation is 1. The second-order valence-corrected chi connectivity index (χ2v) is 5.89. The lowest BCUT2D eigenvalue weighted by molar-refractivity contribution is -0.121. The van der Waals surface area contributed by atoms with Crippen LogP contribution in [0.3, 0.4) is 0 Å². The minimum Gasteiger partial charge on any atom is -0.315 e. The zero-order chi connectivity index (χ0) is 17.9. The highest BCUT2D eigenvalue weighted by Gasteiger charge is 2.20. The monoisotopic (exact) mass is 328 g/mol. The van der Waals surface area contributed by atoms with E-state index in [1.54, 1.807) is 39.1 Å². The van der Waals surface area contributed by atoms with Crippen LogP contribution in [0.15, 0.2) is 36.4 Å². The molecule has 2 rings (SSSR count). The number of rotatable bonds is 4. The molecule has 124 valence electrons. The van der Waals surface area contributed by atoms with Crippen LogP contribution < -0.4 is 4.90 Å². The van der Waals surface area contributed by atoms with Gasteiger partial charge in [0.15, 0.2) is 0 Å². The van der Waals surface area contributed by atoms with E-state index in [1.807, 2.05) is 0 Å². The van der Waals surface area contributed by atoms with Gasteiger partial charge in [0.25, 0.3) is 0 Å². The lowest BCUT2D eigenvalue weighted by atomic mass is 9.99. The first kappa shape index (κ1) is 17.6. The van der Waals surface area contributed by atoms with Crippen LogP contribution in [0.25, 0.3) is 0 Å². The van der Waals surface area contributed by atoms with Crippen molar-refractivity contribution in [1.29, 1.82) is 5.26 Å². The highest BCUT2D eigenvalue weighted by atomic mass is 19.1. The van der Waals surface area contributed by atoms with Gasteiger partial charge < -0.3 is 4.90 Å². The Hall–Kier alpha value is -2.74. The molecule has 0 aliphatic heterocycles. The highest BCUT2D eigenvalue weighted by molar-refractivity contribution is 5.94. The van der Waals surface area contributed by atoms with Crippen LogP contribution in [0.2, 0.25) is 0 Å². The SMILES string of the molecule is Cc1cc(N(C)C(=O)[C@@H](C)Cc2cc(F)cc(F)c2)ccc1C#N. The van der Waals surface area contributed by atoms with Gasteiger partial charge in [-0.05, 0) is 54.8 Å². The summed E-state index contributed by atoms with van der Waals surface area (Å²) in [5, 5.41) is 8.96. The largest absolute Gasteiger partial charge is 0.315 e. The van der Waals surface area contributed by atoms with Crippen LogP contribution in [0.5, 0.6) is 0 Å². The number of hydrogen-bond donors (Lipinski definition) is 0. The second kappa shape index (κ2) is 7.22. The fourth-order valence-corrected chi connectivity index (χ4v) is 2.61. The molecule has 2 aromatic rings. The summed E-state index contributed by atoms with van der Waals surface area (Å²) >= 11 is 0. The van der Waals surface area contributed by atoms with E-state index in [1.165, 1.54) is 17.0 Å². The van der Waals surface area contributed by atoms with Crippen molar-refractivity contribution in [2.75, 3.05) is 11.9 Å². The van der Waals surface area contributed by atoms with E-state index in [9.17, 15) is 13.6 Å². The van der Waals surface area contributed by atoms with Gasteiger partial charge in [-0.2, -0.15) is 5.26 Å². The molecule has 1 amide bonds. The fourth-order valence-electron chi connectivity index (χ4n) is 2.61. The summed E-state index contributed by atoms with van der Waals surface area (Å²) in [6.45, 7) is 3.53. The number of carbonyl (C=O) groups excluding carboxylic acids is 1.